The van der Waals surface area contributed by atoms with Crippen molar-refractivity contribution in [1.82, 2.24) is 0 Å². The number of benzene rings is 2. The number of likely N-dealkylation sites (N-methyl/N-ethyl adjacent to an activating group) is 1. The third-order valence-electron chi connectivity index (χ3n) is 4.47. The van der Waals surface area contributed by atoms with E-state index in [1.807, 2.05) is 55.6 Å². The van der Waals surface area contributed by atoms with Gasteiger partial charge in [-0.15, -0.1) is 0 Å². The van der Waals surface area contributed by atoms with Crippen molar-refractivity contribution < 1.29 is 24.1 Å². The summed E-state index contributed by atoms with van der Waals surface area (Å²) >= 11 is 0. The summed E-state index contributed by atoms with van der Waals surface area (Å²) in [6.07, 6.45) is -0.552. The van der Waals surface area contributed by atoms with Crippen molar-refractivity contribution in [2.45, 2.75) is 25.6 Å². The van der Waals surface area contributed by atoms with Crippen molar-refractivity contribution in [1.29, 1.82) is 0 Å². The van der Waals surface area contributed by atoms with Crippen LogP contribution in [-0.4, -0.2) is 50.1 Å². The molecule has 1 aliphatic heterocycles. The number of nitrogens with zero attached hydrogens (tertiary/aromatic N) is 1. The zero-order valence-corrected chi connectivity index (χ0v) is 15.6. The summed E-state index contributed by atoms with van der Waals surface area (Å²) in [5, 5.41) is 9.17. The fourth-order valence-electron chi connectivity index (χ4n) is 3.12. The van der Waals surface area contributed by atoms with Crippen LogP contribution in [0.25, 0.3) is 0 Å². The molecule has 144 valence electrons. The molecule has 2 unspecified atom stereocenters. The van der Waals surface area contributed by atoms with Gasteiger partial charge in [0.15, 0.2) is 6.10 Å². The molecular formula is C21H25NO5. The summed E-state index contributed by atoms with van der Waals surface area (Å²) in [6, 6.07) is 15.4. The molecule has 0 amide bonds. The van der Waals surface area contributed by atoms with E-state index in [1.54, 1.807) is 6.92 Å². The molecule has 6 nitrogen and oxygen atoms in total. The predicted molar refractivity (Wildman–Crippen MR) is 103 cm³/mol. The SMILES string of the molecule is CCOC(Cc1ccc(OCC2CN(C)c3ccccc3O2)cc1)C(=O)O. The van der Waals surface area contributed by atoms with Gasteiger partial charge in [0.05, 0.1) is 12.2 Å². The summed E-state index contributed by atoms with van der Waals surface area (Å²) in [7, 11) is 2.04. The molecule has 2 aromatic rings. The Morgan fingerprint density at radius 1 is 1.26 bits per heavy atom. The summed E-state index contributed by atoms with van der Waals surface area (Å²) in [5.41, 5.74) is 1.98. The Bertz CT molecular complexity index is 761. The van der Waals surface area contributed by atoms with E-state index in [1.165, 1.54) is 0 Å². The van der Waals surface area contributed by atoms with Gasteiger partial charge in [-0.2, -0.15) is 0 Å². The summed E-state index contributed by atoms with van der Waals surface area (Å²) in [6.45, 7) is 3.35. The lowest BCUT2D eigenvalue weighted by Crippen LogP contribution is -2.41. The highest BCUT2D eigenvalue weighted by atomic mass is 16.5. The minimum atomic E-state index is -0.948. The number of para-hydroxylation sites is 2. The van der Waals surface area contributed by atoms with Crippen molar-refractivity contribution >= 4 is 11.7 Å². The number of ether oxygens (including phenoxy) is 3. The Hall–Kier alpha value is -2.73. The van der Waals surface area contributed by atoms with Gasteiger partial charge in [-0.05, 0) is 36.8 Å². The van der Waals surface area contributed by atoms with Gasteiger partial charge < -0.3 is 24.2 Å². The quantitative estimate of drug-likeness (QED) is 0.769. The lowest BCUT2D eigenvalue weighted by atomic mass is 10.1. The molecule has 1 aliphatic rings. The van der Waals surface area contributed by atoms with Crippen LogP contribution in [0.4, 0.5) is 5.69 Å². The number of hydrogen-bond donors (Lipinski definition) is 1. The smallest absolute Gasteiger partial charge is 0.333 e. The van der Waals surface area contributed by atoms with Crippen molar-refractivity contribution in [3.8, 4) is 11.5 Å². The van der Waals surface area contributed by atoms with Crippen LogP contribution < -0.4 is 14.4 Å². The summed E-state index contributed by atoms with van der Waals surface area (Å²) in [5.74, 6) is 0.647. The third-order valence-corrected chi connectivity index (χ3v) is 4.47. The van der Waals surface area contributed by atoms with Crippen LogP contribution in [0, 0.1) is 0 Å². The molecule has 0 saturated carbocycles. The van der Waals surface area contributed by atoms with E-state index in [4.69, 9.17) is 14.2 Å². The molecule has 1 heterocycles. The fraction of sp³-hybridized carbons (Fsp3) is 0.381. The molecule has 2 atom stereocenters. The molecule has 0 radical (unpaired) electrons. The second-order valence-electron chi connectivity index (χ2n) is 6.53. The molecule has 0 spiro atoms. The van der Waals surface area contributed by atoms with Gasteiger partial charge in [0.1, 0.15) is 24.2 Å². The Labute approximate surface area is 159 Å². The zero-order valence-electron chi connectivity index (χ0n) is 15.6. The summed E-state index contributed by atoms with van der Waals surface area (Å²) < 4.78 is 17.1. The predicted octanol–water partition coefficient (Wildman–Crippen LogP) is 3.00. The number of fused-ring (bicyclic) bond motifs is 1. The lowest BCUT2D eigenvalue weighted by molar-refractivity contribution is -0.149. The van der Waals surface area contributed by atoms with Crippen LogP contribution in [0.3, 0.4) is 0 Å². The Kier molecular flexibility index (Phi) is 6.19. The van der Waals surface area contributed by atoms with Gasteiger partial charge in [0, 0.05) is 20.1 Å². The van der Waals surface area contributed by atoms with Gasteiger partial charge in [0.2, 0.25) is 0 Å². The van der Waals surface area contributed by atoms with E-state index < -0.39 is 12.1 Å². The van der Waals surface area contributed by atoms with E-state index in [0.717, 1.165) is 29.3 Å². The zero-order chi connectivity index (χ0) is 19.2. The fourth-order valence-corrected chi connectivity index (χ4v) is 3.12. The average Bonchev–Trinajstić information content (AvgIpc) is 2.67. The normalized spacial score (nSPS) is 17.0. The number of hydrogen-bond acceptors (Lipinski definition) is 5. The molecule has 3 rings (SSSR count). The molecule has 0 aromatic heterocycles. The van der Waals surface area contributed by atoms with Gasteiger partial charge in [0.25, 0.3) is 0 Å². The maximum Gasteiger partial charge on any atom is 0.333 e. The molecule has 0 bridgehead atoms. The van der Waals surface area contributed by atoms with Crippen molar-refractivity contribution in [3.63, 3.8) is 0 Å². The number of anilines is 1. The average molecular weight is 371 g/mol. The Balaban J connectivity index is 1.54. The molecule has 1 N–H and O–H groups in total. The molecular weight excluding hydrogens is 346 g/mol. The lowest BCUT2D eigenvalue weighted by Gasteiger charge is -2.33. The van der Waals surface area contributed by atoms with Crippen LogP contribution in [0.1, 0.15) is 12.5 Å². The number of carboxylic acids is 1. The standard InChI is InChI=1S/C21H25NO5/c1-3-25-20(21(23)24)12-15-8-10-16(11-9-15)26-14-17-13-22(2)18-6-4-5-7-19(18)27-17/h4-11,17,20H,3,12-14H2,1-2H3,(H,23,24). The van der Waals surface area contributed by atoms with Gasteiger partial charge in [-0.3, -0.25) is 0 Å². The number of carbonyl (C=O) groups is 1. The van der Waals surface area contributed by atoms with Crippen molar-refractivity contribution in [2.24, 2.45) is 0 Å². The first kappa shape index (κ1) is 19.0. The number of carboxylic acid groups (broad SMARTS) is 1. The van der Waals surface area contributed by atoms with Gasteiger partial charge in [-0.1, -0.05) is 24.3 Å². The first-order valence-corrected chi connectivity index (χ1v) is 9.09. The first-order valence-electron chi connectivity index (χ1n) is 9.09. The molecule has 0 aliphatic carbocycles. The molecule has 2 aromatic carbocycles. The van der Waals surface area contributed by atoms with E-state index in [9.17, 15) is 9.90 Å². The second-order valence-corrected chi connectivity index (χ2v) is 6.53. The molecule has 0 fully saturated rings. The minimum Gasteiger partial charge on any atom is -0.490 e. The molecule has 6 heteroatoms. The van der Waals surface area contributed by atoms with Crippen LogP contribution in [0.2, 0.25) is 0 Å². The maximum atomic E-state index is 11.2. The van der Waals surface area contributed by atoms with Crippen molar-refractivity contribution in [3.05, 3.63) is 54.1 Å². The van der Waals surface area contributed by atoms with Gasteiger partial charge in [-0.25, -0.2) is 4.79 Å². The minimum absolute atomic E-state index is 0.0566. The highest BCUT2D eigenvalue weighted by Crippen LogP contribution is 2.32. The summed E-state index contributed by atoms with van der Waals surface area (Å²) in [4.78, 5) is 13.3. The molecule has 27 heavy (non-hydrogen) atoms. The van der Waals surface area contributed by atoms with E-state index >= 15 is 0 Å². The van der Waals surface area contributed by atoms with Crippen LogP contribution in [0.5, 0.6) is 11.5 Å². The second kappa shape index (κ2) is 8.77. The van der Waals surface area contributed by atoms with Crippen LogP contribution in [0.15, 0.2) is 48.5 Å². The molecule has 0 saturated heterocycles. The monoisotopic (exact) mass is 371 g/mol. The first-order chi connectivity index (χ1) is 13.1. The largest absolute Gasteiger partial charge is 0.490 e. The van der Waals surface area contributed by atoms with E-state index in [0.29, 0.717) is 19.6 Å². The van der Waals surface area contributed by atoms with Crippen molar-refractivity contribution in [2.75, 3.05) is 31.7 Å². The Morgan fingerprint density at radius 3 is 2.70 bits per heavy atom. The third kappa shape index (κ3) is 4.92. The van der Waals surface area contributed by atoms with Gasteiger partial charge >= 0.3 is 5.97 Å². The topological polar surface area (TPSA) is 68.2 Å². The van der Waals surface area contributed by atoms with Crippen LogP contribution >= 0.6 is 0 Å². The van der Waals surface area contributed by atoms with E-state index in [2.05, 4.69) is 4.90 Å². The van der Waals surface area contributed by atoms with Crippen LogP contribution in [-0.2, 0) is 16.0 Å². The maximum absolute atomic E-state index is 11.2. The number of rotatable bonds is 8. The highest BCUT2D eigenvalue weighted by molar-refractivity contribution is 5.72. The Morgan fingerprint density at radius 2 is 2.00 bits per heavy atom. The number of aliphatic carboxylic acids is 1. The van der Waals surface area contributed by atoms with E-state index in [-0.39, 0.29) is 6.10 Å². The highest BCUT2D eigenvalue weighted by Gasteiger charge is 2.23.